The summed E-state index contributed by atoms with van der Waals surface area (Å²) in [5.74, 6) is 1.74. The molecule has 0 bridgehead atoms. The van der Waals surface area contributed by atoms with Crippen molar-refractivity contribution in [2.24, 2.45) is 0 Å². The zero-order chi connectivity index (χ0) is 19.8. The van der Waals surface area contributed by atoms with Crippen molar-refractivity contribution in [2.75, 3.05) is 13.1 Å². The number of aryl methyl sites for hydroxylation is 1. The fourth-order valence-corrected chi connectivity index (χ4v) is 5.17. The predicted molar refractivity (Wildman–Crippen MR) is 116 cm³/mol. The first-order valence-electron chi connectivity index (χ1n) is 10.2. The molecular weight excluding hydrogens is 380 g/mol. The smallest absolute Gasteiger partial charge is 0.247 e. The summed E-state index contributed by atoms with van der Waals surface area (Å²) in [6.45, 7) is 6.25. The molecule has 148 valence electrons. The highest BCUT2D eigenvalue weighted by Gasteiger charge is 2.29. The Morgan fingerprint density at radius 2 is 2.03 bits per heavy atom. The van der Waals surface area contributed by atoms with Gasteiger partial charge in [-0.2, -0.15) is 0 Å². The van der Waals surface area contributed by atoms with Crippen LogP contribution < -0.4 is 0 Å². The molecule has 0 spiro atoms. The van der Waals surface area contributed by atoms with Gasteiger partial charge in [-0.1, -0.05) is 29.8 Å². The van der Waals surface area contributed by atoms with E-state index in [0.717, 1.165) is 30.6 Å². The summed E-state index contributed by atoms with van der Waals surface area (Å²) in [5.41, 5.74) is 3.27. The third-order valence-electron chi connectivity index (χ3n) is 5.72. The van der Waals surface area contributed by atoms with E-state index in [1.165, 1.54) is 21.7 Å². The van der Waals surface area contributed by atoms with Gasteiger partial charge in [0.15, 0.2) is 0 Å². The van der Waals surface area contributed by atoms with Crippen molar-refractivity contribution in [2.45, 2.75) is 38.6 Å². The van der Waals surface area contributed by atoms with Gasteiger partial charge in [0, 0.05) is 18.0 Å². The molecule has 0 saturated carbocycles. The predicted octanol–water partition coefficient (Wildman–Crippen LogP) is 5.60. The van der Waals surface area contributed by atoms with Gasteiger partial charge in [0.25, 0.3) is 0 Å². The lowest BCUT2D eigenvalue weighted by Crippen LogP contribution is -2.36. The van der Waals surface area contributed by atoms with Crippen LogP contribution in [0.1, 0.15) is 48.2 Å². The van der Waals surface area contributed by atoms with Crippen LogP contribution in [0.3, 0.4) is 0 Å². The second-order valence-electron chi connectivity index (χ2n) is 7.84. The van der Waals surface area contributed by atoms with Gasteiger partial charge < -0.3 is 4.42 Å². The first kappa shape index (κ1) is 18.5. The van der Waals surface area contributed by atoms with Crippen LogP contribution >= 0.6 is 11.3 Å². The first-order valence-corrected chi connectivity index (χ1v) is 11.0. The third kappa shape index (κ3) is 3.70. The van der Waals surface area contributed by atoms with E-state index >= 15 is 0 Å². The molecule has 0 N–H and O–H groups in total. The number of rotatable bonds is 4. The second kappa shape index (κ2) is 7.69. The Labute approximate surface area is 174 Å². The lowest BCUT2D eigenvalue weighted by atomic mass is 9.97. The van der Waals surface area contributed by atoms with Gasteiger partial charge in [-0.15, -0.1) is 21.5 Å². The van der Waals surface area contributed by atoms with Gasteiger partial charge in [0.1, 0.15) is 0 Å². The van der Waals surface area contributed by atoms with Crippen molar-refractivity contribution in [3.63, 3.8) is 0 Å². The number of fused-ring (bicyclic) bond motifs is 1. The molecule has 0 aliphatic carbocycles. The minimum Gasteiger partial charge on any atom is -0.419 e. The monoisotopic (exact) mass is 404 g/mol. The van der Waals surface area contributed by atoms with Gasteiger partial charge >= 0.3 is 0 Å². The Morgan fingerprint density at radius 1 is 1.14 bits per heavy atom. The fraction of sp³-hybridized carbons (Fsp3) is 0.348. The molecule has 2 atom stereocenters. The van der Waals surface area contributed by atoms with Crippen molar-refractivity contribution in [3.05, 3.63) is 65.0 Å². The van der Waals surface area contributed by atoms with Crippen LogP contribution in [0.5, 0.6) is 0 Å². The van der Waals surface area contributed by atoms with Crippen LogP contribution in [0.25, 0.3) is 21.7 Å². The molecule has 29 heavy (non-hydrogen) atoms. The molecule has 1 fully saturated rings. The minimum atomic E-state index is 0.0956. The van der Waals surface area contributed by atoms with Gasteiger partial charge in [-0.25, -0.2) is 4.98 Å². The summed E-state index contributed by atoms with van der Waals surface area (Å²) < 4.78 is 7.32. The van der Waals surface area contributed by atoms with E-state index in [1.807, 2.05) is 23.5 Å². The molecule has 2 aromatic heterocycles. The number of hydrogen-bond acceptors (Lipinski definition) is 6. The van der Waals surface area contributed by atoms with Crippen LogP contribution in [0.15, 0.2) is 52.9 Å². The Bertz CT molecular complexity index is 1100. The summed E-state index contributed by atoms with van der Waals surface area (Å²) in [5, 5.41) is 9.90. The largest absolute Gasteiger partial charge is 0.419 e. The van der Waals surface area contributed by atoms with Crippen molar-refractivity contribution >= 4 is 21.6 Å². The number of benzene rings is 2. The zero-order valence-corrected chi connectivity index (χ0v) is 17.5. The Balaban J connectivity index is 1.34. The van der Waals surface area contributed by atoms with E-state index in [1.54, 1.807) is 0 Å². The molecule has 1 aliphatic rings. The van der Waals surface area contributed by atoms with Crippen molar-refractivity contribution in [3.8, 4) is 11.5 Å². The van der Waals surface area contributed by atoms with Crippen LogP contribution in [0.4, 0.5) is 0 Å². The Hall–Kier alpha value is -2.57. The van der Waals surface area contributed by atoms with E-state index in [-0.39, 0.29) is 6.04 Å². The number of para-hydroxylation sites is 1. The Morgan fingerprint density at radius 3 is 2.90 bits per heavy atom. The average Bonchev–Trinajstić information content (AvgIpc) is 3.41. The summed E-state index contributed by atoms with van der Waals surface area (Å²) in [4.78, 5) is 7.35. The molecule has 5 nitrogen and oxygen atoms in total. The number of hydrogen-bond donors (Lipinski definition) is 0. The molecule has 4 aromatic rings. The lowest BCUT2D eigenvalue weighted by molar-refractivity contribution is 0.139. The van der Waals surface area contributed by atoms with Gasteiger partial charge in [0.05, 0.1) is 21.3 Å². The van der Waals surface area contributed by atoms with E-state index in [0.29, 0.717) is 17.7 Å². The maximum absolute atomic E-state index is 6.05. The van der Waals surface area contributed by atoms with E-state index in [4.69, 9.17) is 9.40 Å². The number of nitrogens with zero attached hydrogens (tertiary/aromatic N) is 4. The molecule has 3 heterocycles. The van der Waals surface area contributed by atoms with Crippen LogP contribution in [0, 0.1) is 6.92 Å². The highest BCUT2D eigenvalue weighted by atomic mass is 32.1. The summed E-state index contributed by atoms with van der Waals surface area (Å²) in [7, 11) is 0. The minimum absolute atomic E-state index is 0.0956. The Kier molecular flexibility index (Phi) is 4.89. The SMILES string of the molecule is Cc1cccc(-c2nnc([C@H](C)N3CCC[C@H](c4nc5ccccc5s4)C3)o2)c1. The second-order valence-corrected chi connectivity index (χ2v) is 8.91. The molecule has 1 aliphatic heterocycles. The van der Waals surface area contributed by atoms with Crippen molar-refractivity contribution in [1.82, 2.24) is 20.1 Å². The first-order chi connectivity index (χ1) is 14.2. The van der Waals surface area contributed by atoms with E-state index in [2.05, 4.69) is 65.3 Å². The number of piperidine rings is 1. The van der Waals surface area contributed by atoms with E-state index < -0.39 is 0 Å². The van der Waals surface area contributed by atoms with Crippen LogP contribution in [-0.4, -0.2) is 33.2 Å². The zero-order valence-electron chi connectivity index (χ0n) is 16.7. The summed E-state index contributed by atoms with van der Waals surface area (Å²) in [6, 6.07) is 16.7. The van der Waals surface area contributed by atoms with E-state index in [9.17, 15) is 0 Å². The number of thiazole rings is 1. The lowest BCUT2D eigenvalue weighted by Gasteiger charge is -2.34. The van der Waals surface area contributed by atoms with Gasteiger partial charge in [-0.05, 0) is 57.5 Å². The van der Waals surface area contributed by atoms with Crippen LogP contribution in [-0.2, 0) is 0 Å². The summed E-state index contributed by atoms with van der Waals surface area (Å²) >= 11 is 1.83. The molecular formula is C23H24N4OS. The third-order valence-corrected chi connectivity index (χ3v) is 6.92. The maximum Gasteiger partial charge on any atom is 0.247 e. The standard InChI is InChI=1S/C23H24N4OS/c1-15-7-5-8-17(13-15)22-26-25-21(28-22)16(2)27-12-6-9-18(14-27)23-24-19-10-3-4-11-20(19)29-23/h3-5,7-8,10-11,13,16,18H,6,9,12,14H2,1-2H3/t16-,18-/m0/s1. The topological polar surface area (TPSA) is 55.1 Å². The van der Waals surface area contributed by atoms with Crippen molar-refractivity contribution < 1.29 is 4.42 Å². The molecule has 0 amide bonds. The molecule has 1 saturated heterocycles. The molecule has 0 radical (unpaired) electrons. The van der Waals surface area contributed by atoms with Crippen LogP contribution in [0.2, 0.25) is 0 Å². The highest BCUT2D eigenvalue weighted by molar-refractivity contribution is 7.18. The number of aromatic nitrogens is 3. The molecule has 2 aromatic carbocycles. The fourth-order valence-electron chi connectivity index (χ4n) is 4.08. The highest BCUT2D eigenvalue weighted by Crippen LogP contribution is 2.35. The molecule has 0 unspecified atom stereocenters. The quantitative estimate of drug-likeness (QED) is 0.443. The number of likely N-dealkylation sites (tertiary alicyclic amines) is 1. The van der Waals surface area contributed by atoms with Crippen molar-refractivity contribution in [1.29, 1.82) is 0 Å². The van der Waals surface area contributed by atoms with Gasteiger partial charge in [0.2, 0.25) is 11.8 Å². The molecule has 6 heteroatoms. The average molecular weight is 405 g/mol. The maximum atomic E-state index is 6.05. The summed E-state index contributed by atoms with van der Waals surface area (Å²) in [6.07, 6.45) is 2.34. The molecule has 5 rings (SSSR count). The van der Waals surface area contributed by atoms with Gasteiger partial charge in [-0.3, -0.25) is 4.90 Å². The normalized spacial score (nSPS) is 18.9.